The standard InChI is InChI=1S/C14H19NO4/c1-10-8-11(16)2-3-12(10)13-9-15(6-7-19-13)5-4-14(17)18/h2-3,8,13,16H,4-7,9H2,1H3,(H,17,18). The van der Waals surface area contributed by atoms with Crippen LogP contribution in [-0.2, 0) is 9.53 Å². The molecule has 1 unspecified atom stereocenters. The second kappa shape index (κ2) is 6.04. The number of hydrogen-bond donors (Lipinski definition) is 2. The Kier molecular flexibility index (Phi) is 4.39. The maximum atomic E-state index is 10.6. The van der Waals surface area contributed by atoms with Gasteiger partial charge in [-0.25, -0.2) is 0 Å². The minimum absolute atomic E-state index is 0.0526. The van der Waals surface area contributed by atoms with Crippen LogP contribution in [0.15, 0.2) is 18.2 Å². The van der Waals surface area contributed by atoms with E-state index in [1.165, 1.54) is 0 Å². The Labute approximate surface area is 112 Å². The van der Waals surface area contributed by atoms with E-state index in [2.05, 4.69) is 4.90 Å². The van der Waals surface area contributed by atoms with Gasteiger partial charge < -0.3 is 14.9 Å². The summed E-state index contributed by atoms with van der Waals surface area (Å²) in [5.41, 5.74) is 2.04. The van der Waals surface area contributed by atoms with E-state index >= 15 is 0 Å². The van der Waals surface area contributed by atoms with Gasteiger partial charge in [0.25, 0.3) is 0 Å². The van der Waals surface area contributed by atoms with E-state index in [0.29, 0.717) is 19.7 Å². The highest BCUT2D eigenvalue weighted by Gasteiger charge is 2.23. The van der Waals surface area contributed by atoms with E-state index in [4.69, 9.17) is 9.84 Å². The van der Waals surface area contributed by atoms with Gasteiger partial charge >= 0.3 is 5.97 Å². The molecule has 0 spiro atoms. The number of rotatable bonds is 4. The molecule has 2 rings (SSSR count). The highest BCUT2D eigenvalue weighted by Crippen LogP contribution is 2.27. The number of nitrogens with zero attached hydrogens (tertiary/aromatic N) is 1. The Morgan fingerprint density at radius 2 is 2.32 bits per heavy atom. The van der Waals surface area contributed by atoms with Crippen LogP contribution >= 0.6 is 0 Å². The summed E-state index contributed by atoms with van der Waals surface area (Å²) >= 11 is 0. The number of benzene rings is 1. The highest BCUT2D eigenvalue weighted by atomic mass is 16.5. The number of hydrogen-bond acceptors (Lipinski definition) is 4. The number of ether oxygens (including phenoxy) is 1. The largest absolute Gasteiger partial charge is 0.508 e. The van der Waals surface area contributed by atoms with Gasteiger partial charge in [0.1, 0.15) is 5.75 Å². The summed E-state index contributed by atoms with van der Waals surface area (Å²) in [7, 11) is 0. The summed E-state index contributed by atoms with van der Waals surface area (Å²) in [5, 5.41) is 18.1. The zero-order valence-corrected chi connectivity index (χ0v) is 11.0. The minimum Gasteiger partial charge on any atom is -0.508 e. The van der Waals surface area contributed by atoms with Gasteiger partial charge in [-0.05, 0) is 30.2 Å². The molecule has 1 fully saturated rings. The summed E-state index contributed by atoms with van der Waals surface area (Å²) < 4.78 is 5.75. The fourth-order valence-electron chi connectivity index (χ4n) is 2.37. The molecule has 0 aromatic heterocycles. The van der Waals surface area contributed by atoms with Crippen LogP contribution in [-0.4, -0.2) is 47.3 Å². The van der Waals surface area contributed by atoms with E-state index in [-0.39, 0.29) is 18.3 Å². The van der Waals surface area contributed by atoms with Gasteiger partial charge in [0.15, 0.2) is 0 Å². The van der Waals surface area contributed by atoms with E-state index in [0.717, 1.165) is 17.7 Å². The lowest BCUT2D eigenvalue weighted by molar-refractivity contribution is -0.137. The molecule has 1 heterocycles. The second-order valence-corrected chi connectivity index (χ2v) is 4.84. The van der Waals surface area contributed by atoms with Crippen LogP contribution in [0.2, 0.25) is 0 Å². The summed E-state index contributed by atoms with van der Waals surface area (Å²) in [6.07, 6.45) is 0.101. The third-order valence-electron chi connectivity index (χ3n) is 3.39. The summed E-state index contributed by atoms with van der Waals surface area (Å²) in [5.74, 6) is -0.524. The van der Waals surface area contributed by atoms with Crippen molar-refractivity contribution >= 4 is 5.97 Å². The van der Waals surface area contributed by atoms with Gasteiger partial charge in [-0.2, -0.15) is 0 Å². The van der Waals surface area contributed by atoms with Gasteiger partial charge in [-0.3, -0.25) is 9.69 Å². The van der Waals surface area contributed by atoms with Crippen molar-refractivity contribution in [1.29, 1.82) is 0 Å². The van der Waals surface area contributed by atoms with E-state index < -0.39 is 5.97 Å². The van der Waals surface area contributed by atoms with Gasteiger partial charge in [-0.15, -0.1) is 0 Å². The van der Waals surface area contributed by atoms with Crippen molar-refractivity contribution in [3.05, 3.63) is 29.3 Å². The molecule has 2 N–H and O–H groups in total. The number of morpholine rings is 1. The van der Waals surface area contributed by atoms with Crippen molar-refractivity contribution in [2.75, 3.05) is 26.2 Å². The third-order valence-corrected chi connectivity index (χ3v) is 3.39. The van der Waals surface area contributed by atoms with Gasteiger partial charge in [-0.1, -0.05) is 6.07 Å². The Balaban J connectivity index is 2.02. The molecular weight excluding hydrogens is 246 g/mol. The fraction of sp³-hybridized carbons (Fsp3) is 0.500. The number of aryl methyl sites for hydroxylation is 1. The van der Waals surface area contributed by atoms with Crippen LogP contribution in [0.5, 0.6) is 5.75 Å². The number of carboxylic acids is 1. The minimum atomic E-state index is -0.774. The zero-order chi connectivity index (χ0) is 13.8. The number of aliphatic carboxylic acids is 1. The van der Waals surface area contributed by atoms with Gasteiger partial charge in [0.05, 0.1) is 19.1 Å². The van der Waals surface area contributed by atoms with Crippen molar-refractivity contribution < 1.29 is 19.7 Å². The van der Waals surface area contributed by atoms with Crippen molar-refractivity contribution in [3.8, 4) is 5.75 Å². The van der Waals surface area contributed by atoms with Crippen molar-refractivity contribution in [2.24, 2.45) is 0 Å². The SMILES string of the molecule is Cc1cc(O)ccc1C1CN(CCC(=O)O)CCO1. The lowest BCUT2D eigenvalue weighted by Gasteiger charge is -2.33. The Morgan fingerprint density at radius 1 is 1.53 bits per heavy atom. The summed E-state index contributed by atoms with van der Waals surface area (Å²) in [4.78, 5) is 12.7. The first kappa shape index (κ1) is 13.8. The normalized spacial score (nSPS) is 20.4. The van der Waals surface area contributed by atoms with Gasteiger partial charge in [0, 0.05) is 19.6 Å². The Hall–Kier alpha value is -1.59. The molecule has 0 bridgehead atoms. The van der Waals surface area contributed by atoms with Gasteiger partial charge in [0.2, 0.25) is 0 Å². The van der Waals surface area contributed by atoms with E-state index in [1.54, 1.807) is 12.1 Å². The monoisotopic (exact) mass is 265 g/mol. The lowest BCUT2D eigenvalue weighted by atomic mass is 10.0. The smallest absolute Gasteiger partial charge is 0.304 e. The highest BCUT2D eigenvalue weighted by molar-refractivity contribution is 5.66. The third kappa shape index (κ3) is 3.68. The molecule has 5 nitrogen and oxygen atoms in total. The zero-order valence-electron chi connectivity index (χ0n) is 11.0. The molecule has 1 aliphatic rings. The summed E-state index contributed by atoms with van der Waals surface area (Å²) in [6, 6.07) is 5.24. The molecule has 0 saturated carbocycles. The number of carboxylic acid groups (broad SMARTS) is 1. The predicted molar refractivity (Wildman–Crippen MR) is 70.2 cm³/mol. The molecule has 0 amide bonds. The van der Waals surface area contributed by atoms with Crippen LogP contribution in [0.4, 0.5) is 0 Å². The Bertz CT molecular complexity index is 461. The maximum absolute atomic E-state index is 10.6. The predicted octanol–water partition coefficient (Wildman–Crippen LogP) is 1.55. The molecule has 5 heteroatoms. The molecule has 1 saturated heterocycles. The van der Waals surface area contributed by atoms with Crippen LogP contribution < -0.4 is 0 Å². The molecule has 0 aliphatic carbocycles. The average molecular weight is 265 g/mol. The van der Waals surface area contributed by atoms with Crippen LogP contribution in [0.3, 0.4) is 0 Å². The molecule has 1 aliphatic heterocycles. The summed E-state index contributed by atoms with van der Waals surface area (Å²) in [6.45, 7) is 4.55. The first-order valence-electron chi connectivity index (χ1n) is 6.41. The first-order valence-corrected chi connectivity index (χ1v) is 6.41. The number of phenolic OH excluding ortho intramolecular Hbond substituents is 1. The topological polar surface area (TPSA) is 70.0 Å². The van der Waals surface area contributed by atoms with Crippen molar-refractivity contribution in [2.45, 2.75) is 19.4 Å². The van der Waals surface area contributed by atoms with Crippen molar-refractivity contribution in [1.82, 2.24) is 4.90 Å². The van der Waals surface area contributed by atoms with Crippen LogP contribution in [0.25, 0.3) is 0 Å². The molecule has 1 atom stereocenters. The fourth-order valence-corrected chi connectivity index (χ4v) is 2.37. The quantitative estimate of drug-likeness (QED) is 0.864. The molecular formula is C14H19NO4. The van der Waals surface area contributed by atoms with Crippen LogP contribution in [0.1, 0.15) is 23.7 Å². The maximum Gasteiger partial charge on any atom is 0.304 e. The van der Waals surface area contributed by atoms with Crippen molar-refractivity contribution in [3.63, 3.8) is 0 Å². The lowest BCUT2D eigenvalue weighted by Crippen LogP contribution is -2.39. The Morgan fingerprint density at radius 3 is 3.00 bits per heavy atom. The number of carbonyl (C=O) groups is 1. The molecule has 1 aromatic rings. The molecule has 19 heavy (non-hydrogen) atoms. The van der Waals surface area contributed by atoms with Crippen LogP contribution in [0, 0.1) is 6.92 Å². The van der Waals surface area contributed by atoms with E-state index in [9.17, 15) is 9.90 Å². The van der Waals surface area contributed by atoms with E-state index in [1.807, 2.05) is 13.0 Å². The second-order valence-electron chi connectivity index (χ2n) is 4.84. The number of aromatic hydroxyl groups is 1. The number of phenols is 1. The average Bonchev–Trinajstić information content (AvgIpc) is 2.36. The first-order chi connectivity index (χ1) is 9.06. The molecule has 1 aromatic carbocycles. The molecule has 0 radical (unpaired) electrons. The molecule has 104 valence electrons.